The van der Waals surface area contributed by atoms with E-state index in [1.165, 1.54) is 4.31 Å². The smallest absolute Gasteiger partial charge is 0.309 e. The summed E-state index contributed by atoms with van der Waals surface area (Å²) in [7, 11) is -3.56. The van der Waals surface area contributed by atoms with Crippen molar-refractivity contribution in [3.8, 4) is 11.5 Å². The Morgan fingerprint density at radius 2 is 1.82 bits per heavy atom. The van der Waals surface area contributed by atoms with Crippen LogP contribution in [0, 0.1) is 5.92 Å². The van der Waals surface area contributed by atoms with Crippen molar-refractivity contribution in [2.45, 2.75) is 23.2 Å². The van der Waals surface area contributed by atoms with E-state index in [1.807, 2.05) is 0 Å². The molecule has 1 N–H and O–H groups in total. The molecule has 0 bridgehead atoms. The third kappa shape index (κ3) is 5.34. The quantitative estimate of drug-likeness (QED) is 0.593. The number of imide groups is 1. The zero-order valence-electron chi connectivity index (χ0n) is 17.5. The van der Waals surface area contributed by atoms with Crippen molar-refractivity contribution in [3.05, 3.63) is 41.8 Å². The zero-order chi connectivity index (χ0) is 23.4. The maximum absolute atomic E-state index is 12.6. The molecule has 1 atom stereocenters. The Morgan fingerprint density at radius 1 is 1.09 bits per heavy atom. The van der Waals surface area contributed by atoms with E-state index in [0.717, 1.165) is 11.3 Å². The van der Waals surface area contributed by atoms with Gasteiger partial charge < -0.3 is 14.2 Å². The van der Waals surface area contributed by atoms with Gasteiger partial charge >= 0.3 is 5.97 Å². The molecule has 0 unspecified atom stereocenters. The Hall–Kier alpha value is -2.96. The lowest BCUT2D eigenvalue weighted by Gasteiger charge is -2.29. The van der Waals surface area contributed by atoms with E-state index in [-0.39, 0.29) is 36.7 Å². The van der Waals surface area contributed by atoms with E-state index < -0.39 is 46.4 Å². The highest BCUT2D eigenvalue weighted by atomic mass is 32.2. The number of thiophene rings is 1. The van der Waals surface area contributed by atoms with Gasteiger partial charge in [-0.15, -0.1) is 11.3 Å². The summed E-state index contributed by atoms with van der Waals surface area (Å²) in [5.74, 6) is -1.69. The van der Waals surface area contributed by atoms with Gasteiger partial charge in [-0.2, -0.15) is 4.31 Å². The van der Waals surface area contributed by atoms with Crippen molar-refractivity contribution in [2.24, 2.45) is 5.92 Å². The number of fused-ring (bicyclic) bond motifs is 1. The Labute approximate surface area is 194 Å². The predicted molar refractivity (Wildman–Crippen MR) is 116 cm³/mol. The summed E-state index contributed by atoms with van der Waals surface area (Å²) >= 11 is 1.14. The minimum atomic E-state index is -3.56. The van der Waals surface area contributed by atoms with Crippen LogP contribution in [0.2, 0.25) is 0 Å². The number of para-hydroxylation sites is 2. The maximum atomic E-state index is 12.6. The van der Waals surface area contributed by atoms with Gasteiger partial charge in [-0.25, -0.2) is 8.42 Å². The topological polar surface area (TPSA) is 128 Å². The zero-order valence-corrected chi connectivity index (χ0v) is 19.1. The molecule has 1 aromatic carbocycles. The average Bonchev–Trinajstić information content (AvgIpc) is 3.38. The van der Waals surface area contributed by atoms with E-state index in [4.69, 9.17) is 14.2 Å². The monoisotopic (exact) mass is 494 g/mol. The van der Waals surface area contributed by atoms with Crippen molar-refractivity contribution in [3.63, 3.8) is 0 Å². The lowest BCUT2D eigenvalue weighted by molar-refractivity contribution is -0.155. The van der Waals surface area contributed by atoms with Gasteiger partial charge in [-0.3, -0.25) is 19.7 Å². The molecule has 1 aromatic heterocycles. The first-order valence-electron chi connectivity index (χ1n) is 10.3. The summed E-state index contributed by atoms with van der Waals surface area (Å²) in [5.41, 5.74) is 0. The highest BCUT2D eigenvalue weighted by Gasteiger charge is 2.34. The summed E-state index contributed by atoms with van der Waals surface area (Å²) < 4.78 is 42.7. The number of ether oxygens (including phenoxy) is 3. The highest BCUT2D eigenvalue weighted by molar-refractivity contribution is 7.91. The van der Waals surface area contributed by atoms with E-state index in [0.29, 0.717) is 11.5 Å². The normalized spacial score (nSPS) is 19.0. The fourth-order valence-electron chi connectivity index (χ4n) is 3.53. The Bertz CT molecular complexity index is 1120. The fraction of sp³-hybridized carbons (Fsp3) is 0.381. The van der Waals surface area contributed by atoms with Crippen LogP contribution in [0.4, 0.5) is 0 Å². The van der Waals surface area contributed by atoms with Crippen molar-refractivity contribution in [2.75, 3.05) is 26.3 Å². The number of esters is 1. The van der Waals surface area contributed by atoms with E-state index in [1.54, 1.807) is 41.8 Å². The lowest BCUT2D eigenvalue weighted by Crippen LogP contribution is -2.47. The minimum absolute atomic E-state index is 0.0527. The Balaban J connectivity index is 1.20. The molecule has 1 fully saturated rings. The molecule has 0 radical (unpaired) electrons. The summed E-state index contributed by atoms with van der Waals surface area (Å²) in [6.07, 6.45) is -0.429. The Kier molecular flexibility index (Phi) is 6.96. The fourth-order valence-corrected chi connectivity index (χ4v) is 6.14. The molecule has 0 aliphatic carbocycles. The predicted octanol–water partition coefficient (Wildman–Crippen LogP) is 1.17. The molecule has 12 heteroatoms. The number of nitrogens with zero attached hydrogens (tertiary/aromatic N) is 1. The second-order valence-corrected chi connectivity index (χ2v) is 10.6. The van der Waals surface area contributed by atoms with E-state index in [9.17, 15) is 22.8 Å². The first-order chi connectivity index (χ1) is 15.8. The number of rotatable bonds is 6. The SMILES string of the molecule is O=C(COC(=O)C1CCN(S(=O)(=O)c2cccs2)CC1)NC(=O)[C@H]1COc2ccccc2O1. The minimum Gasteiger partial charge on any atom is -0.485 e. The molecule has 1 saturated heterocycles. The van der Waals surface area contributed by atoms with Gasteiger partial charge in [0, 0.05) is 13.1 Å². The van der Waals surface area contributed by atoms with Crippen LogP contribution >= 0.6 is 11.3 Å². The Morgan fingerprint density at radius 3 is 2.52 bits per heavy atom. The first-order valence-corrected chi connectivity index (χ1v) is 12.6. The van der Waals surface area contributed by atoms with Crippen molar-refractivity contribution >= 4 is 39.1 Å². The number of nitrogens with one attached hydrogen (secondary N) is 1. The van der Waals surface area contributed by atoms with E-state index >= 15 is 0 Å². The molecule has 2 aliphatic heterocycles. The summed E-state index contributed by atoms with van der Waals surface area (Å²) in [6, 6.07) is 10.1. The molecule has 2 aliphatic rings. The average molecular weight is 495 g/mol. The largest absolute Gasteiger partial charge is 0.485 e. The van der Waals surface area contributed by atoms with Crippen LogP contribution in [0.15, 0.2) is 46.0 Å². The second kappa shape index (κ2) is 9.89. The summed E-state index contributed by atoms with van der Waals surface area (Å²) in [5, 5.41) is 3.83. The number of hydrogen-bond acceptors (Lipinski definition) is 9. The standard InChI is InChI=1S/C21H22N2O8S2/c24-18(22-20(25)17-12-29-15-4-1-2-5-16(15)31-17)13-30-21(26)14-7-9-23(10-8-14)33(27,28)19-6-3-11-32-19/h1-6,11,14,17H,7-10,12-13H2,(H,22,24,25)/t17-/m1/s1. The molecule has 176 valence electrons. The molecule has 0 spiro atoms. The molecule has 3 heterocycles. The molecule has 33 heavy (non-hydrogen) atoms. The van der Waals surface area contributed by atoms with Crippen LogP contribution in [0.1, 0.15) is 12.8 Å². The number of hydrogen-bond donors (Lipinski definition) is 1. The highest BCUT2D eigenvalue weighted by Crippen LogP contribution is 2.31. The van der Waals surface area contributed by atoms with Gasteiger partial charge in [0.2, 0.25) is 6.10 Å². The van der Waals surface area contributed by atoms with Crippen LogP contribution in [-0.4, -0.2) is 62.9 Å². The number of carbonyl (C=O) groups is 3. The molecular formula is C21H22N2O8S2. The van der Waals surface area contributed by atoms with Crippen LogP contribution in [-0.2, 0) is 29.1 Å². The molecule has 4 rings (SSSR count). The molecule has 0 saturated carbocycles. The van der Waals surface area contributed by atoms with Crippen molar-refractivity contribution < 1.29 is 37.0 Å². The number of carbonyl (C=O) groups excluding carboxylic acids is 3. The number of amides is 2. The van der Waals surface area contributed by atoms with E-state index in [2.05, 4.69) is 5.32 Å². The number of piperidine rings is 1. The third-order valence-electron chi connectivity index (χ3n) is 5.29. The first kappa shape index (κ1) is 23.2. The molecule has 2 aromatic rings. The maximum Gasteiger partial charge on any atom is 0.309 e. The summed E-state index contributed by atoms with van der Waals surface area (Å²) in [4.78, 5) is 36.6. The number of benzene rings is 1. The van der Waals surface area contributed by atoms with Crippen LogP contribution in [0.3, 0.4) is 0 Å². The molecule has 10 nitrogen and oxygen atoms in total. The van der Waals surface area contributed by atoms with Crippen LogP contribution in [0.25, 0.3) is 0 Å². The number of sulfonamides is 1. The van der Waals surface area contributed by atoms with Gasteiger partial charge in [0.25, 0.3) is 21.8 Å². The van der Waals surface area contributed by atoms with Crippen molar-refractivity contribution in [1.82, 2.24) is 9.62 Å². The summed E-state index contributed by atoms with van der Waals surface area (Å²) in [6.45, 7) is -0.304. The van der Waals surface area contributed by atoms with Gasteiger partial charge in [0.05, 0.1) is 5.92 Å². The van der Waals surface area contributed by atoms with Gasteiger partial charge in [0.15, 0.2) is 18.1 Å². The van der Waals surface area contributed by atoms with Crippen LogP contribution < -0.4 is 14.8 Å². The third-order valence-corrected chi connectivity index (χ3v) is 8.56. The lowest BCUT2D eigenvalue weighted by atomic mass is 9.98. The van der Waals surface area contributed by atoms with Gasteiger partial charge in [-0.05, 0) is 36.4 Å². The van der Waals surface area contributed by atoms with Crippen molar-refractivity contribution in [1.29, 1.82) is 0 Å². The van der Waals surface area contributed by atoms with Gasteiger partial charge in [0.1, 0.15) is 10.8 Å². The van der Waals surface area contributed by atoms with Gasteiger partial charge in [-0.1, -0.05) is 18.2 Å². The van der Waals surface area contributed by atoms with Crippen LogP contribution in [0.5, 0.6) is 11.5 Å². The molecular weight excluding hydrogens is 472 g/mol. The second-order valence-electron chi connectivity index (χ2n) is 7.49. The molecule has 2 amide bonds.